The van der Waals surface area contributed by atoms with Crippen LogP contribution in [0, 0.1) is 0 Å². The van der Waals surface area contributed by atoms with Crippen molar-refractivity contribution in [3.63, 3.8) is 0 Å². The zero-order valence-electron chi connectivity index (χ0n) is 25.6. The van der Waals surface area contributed by atoms with Crippen molar-refractivity contribution in [1.82, 2.24) is 0 Å². The highest BCUT2D eigenvalue weighted by Crippen LogP contribution is 2.52. The number of hydrogen-bond donors (Lipinski definition) is 2. The van der Waals surface area contributed by atoms with Gasteiger partial charge in [-0.15, -0.1) is 0 Å². The highest BCUT2D eigenvalue weighted by Gasteiger charge is 2.44. The topological polar surface area (TPSA) is 143 Å². The van der Waals surface area contributed by atoms with Crippen LogP contribution in [0.2, 0.25) is 0 Å². The Hall–Kier alpha value is -5.84. The van der Waals surface area contributed by atoms with E-state index in [1.54, 1.807) is 42.5 Å². The van der Waals surface area contributed by atoms with E-state index in [1.165, 1.54) is 59.8 Å². The minimum atomic E-state index is -1.22. The van der Waals surface area contributed by atoms with Gasteiger partial charge in [0, 0.05) is 29.8 Å². The van der Waals surface area contributed by atoms with Gasteiger partial charge in [-0.05, 0) is 35.9 Å². The molecule has 0 fully saturated rings. The lowest BCUT2D eigenvalue weighted by molar-refractivity contribution is 0.0772. The number of benzene rings is 4. The summed E-state index contributed by atoms with van der Waals surface area (Å²) in [6, 6.07) is 17.2. The standard InChI is InChI=1S/C35H30O11/c1-40-19-9-6-17(7-10-19)34-32(33(39)30-21(36)13-20(41-2)14-28(30)46-34)31-27(44-5)16-23(38)29-22(37)15-25(45-35(29)31)18-8-11-24(42-3)26(12-18)43-4/h6-16,32,34,36,38H,1-5H3. The van der Waals surface area contributed by atoms with Gasteiger partial charge in [0.25, 0.3) is 0 Å². The van der Waals surface area contributed by atoms with Crippen molar-refractivity contribution in [3.8, 4) is 57.3 Å². The molecular weight excluding hydrogens is 596 g/mol. The van der Waals surface area contributed by atoms with Crippen LogP contribution in [0.25, 0.3) is 22.3 Å². The van der Waals surface area contributed by atoms with Gasteiger partial charge in [-0.3, -0.25) is 9.59 Å². The van der Waals surface area contributed by atoms with Crippen LogP contribution in [0.15, 0.2) is 75.9 Å². The fourth-order valence-electron chi connectivity index (χ4n) is 5.78. The van der Waals surface area contributed by atoms with Crippen LogP contribution in [0.1, 0.15) is 33.5 Å². The second-order valence-corrected chi connectivity index (χ2v) is 10.4. The van der Waals surface area contributed by atoms with Crippen LogP contribution >= 0.6 is 0 Å². The zero-order valence-corrected chi connectivity index (χ0v) is 25.6. The van der Waals surface area contributed by atoms with Crippen LogP contribution in [0.5, 0.6) is 46.0 Å². The Labute approximate surface area is 263 Å². The van der Waals surface area contributed by atoms with E-state index >= 15 is 0 Å². The molecule has 4 aromatic carbocycles. The maximum Gasteiger partial charge on any atom is 0.197 e. The zero-order chi connectivity index (χ0) is 32.7. The molecule has 0 saturated carbocycles. The molecule has 1 aliphatic rings. The number of carbonyl (C=O) groups excluding carboxylic acids is 1. The number of fused-ring (bicyclic) bond motifs is 2. The van der Waals surface area contributed by atoms with E-state index in [0.717, 1.165) is 0 Å². The lowest BCUT2D eigenvalue weighted by Crippen LogP contribution is -2.31. The van der Waals surface area contributed by atoms with Gasteiger partial charge in [-0.1, -0.05) is 12.1 Å². The van der Waals surface area contributed by atoms with E-state index < -0.39 is 29.0 Å². The van der Waals surface area contributed by atoms with Crippen LogP contribution in [0.4, 0.5) is 0 Å². The summed E-state index contributed by atoms with van der Waals surface area (Å²) < 4.78 is 40.0. The average Bonchev–Trinajstić information content (AvgIpc) is 3.07. The SMILES string of the molecule is COc1ccc(C2Oc3cc(OC)cc(O)c3C(=O)C2c2c(OC)cc(O)c3c(=O)cc(-c4ccc(OC)c(OC)c4)oc23)cc1. The third kappa shape index (κ3) is 4.95. The van der Waals surface area contributed by atoms with Crippen molar-refractivity contribution in [2.75, 3.05) is 35.5 Å². The van der Waals surface area contributed by atoms with Gasteiger partial charge >= 0.3 is 0 Å². The largest absolute Gasteiger partial charge is 0.507 e. The van der Waals surface area contributed by atoms with Gasteiger partial charge in [0.1, 0.15) is 62.9 Å². The maximum atomic E-state index is 14.6. The van der Waals surface area contributed by atoms with Crippen LogP contribution in [0.3, 0.4) is 0 Å². The molecule has 0 radical (unpaired) electrons. The predicted octanol–water partition coefficient (Wildman–Crippen LogP) is 6.01. The third-order valence-electron chi connectivity index (χ3n) is 8.00. The second-order valence-electron chi connectivity index (χ2n) is 10.4. The van der Waals surface area contributed by atoms with Crippen molar-refractivity contribution in [3.05, 3.63) is 93.6 Å². The molecule has 0 aliphatic carbocycles. The first-order valence-electron chi connectivity index (χ1n) is 14.1. The van der Waals surface area contributed by atoms with Gasteiger partial charge in [0.05, 0.1) is 47.0 Å². The molecule has 0 bridgehead atoms. The monoisotopic (exact) mass is 626 g/mol. The van der Waals surface area contributed by atoms with Gasteiger partial charge in [0.15, 0.2) is 22.7 Å². The second kappa shape index (κ2) is 11.9. The molecule has 236 valence electrons. The molecule has 5 aromatic rings. The molecule has 0 spiro atoms. The van der Waals surface area contributed by atoms with Gasteiger partial charge < -0.3 is 43.1 Å². The molecule has 11 nitrogen and oxygen atoms in total. The van der Waals surface area contributed by atoms with Gasteiger partial charge in [0.2, 0.25) is 0 Å². The minimum absolute atomic E-state index is 0.0644. The number of ether oxygens (including phenoxy) is 6. The van der Waals surface area contributed by atoms with Crippen molar-refractivity contribution in [1.29, 1.82) is 0 Å². The third-order valence-corrected chi connectivity index (χ3v) is 8.00. The highest BCUT2D eigenvalue weighted by atomic mass is 16.5. The summed E-state index contributed by atoms with van der Waals surface area (Å²) in [6.07, 6.45) is -1.01. The lowest BCUT2D eigenvalue weighted by Gasteiger charge is -2.34. The summed E-state index contributed by atoms with van der Waals surface area (Å²) in [6.45, 7) is 0. The molecule has 0 saturated heterocycles. The first kappa shape index (κ1) is 30.2. The Balaban J connectivity index is 1.66. The molecule has 6 rings (SSSR count). The van der Waals surface area contributed by atoms with Crippen molar-refractivity contribution in [2.45, 2.75) is 12.0 Å². The van der Waals surface area contributed by atoms with Crippen molar-refractivity contribution < 1.29 is 47.8 Å². The van der Waals surface area contributed by atoms with E-state index in [2.05, 4.69) is 0 Å². The van der Waals surface area contributed by atoms with Crippen LogP contribution in [-0.2, 0) is 0 Å². The molecule has 2 unspecified atom stereocenters. The normalized spacial score (nSPS) is 15.5. The minimum Gasteiger partial charge on any atom is -0.507 e. The molecule has 2 N–H and O–H groups in total. The molecule has 2 heterocycles. The number of phenolic OH excluding ortho intramolecular Hbond substituents is 2. The maximum absolute atomic E-state index is 14.6. The van der Waals surface area contributed by atoms with Gasteiger partial charge in [-0.25, -0.2) is 0 Å². The fourth-order valence-corrected chi connectivity index (χ4v) is 5.78. The summed E-state index contributed by atoms with van der Waals surface area (Å²) in [5.74, 6) is -0.476. The lowest BCUT2D eigenvalue weighted by atomic mass is 9.79. The first-order chi connectivity index (χ1) is 22.2. The van der Waals surface area contributed by atoms with E-state index in [0.29, 0.717) is 28.4 Å². The van der Waals surface area contributed by atoms with E-state index in [-0.39, 0.29) is 50.9 Å². The number of methoxy groups -OCH3 is 5. The molecule has 0 amide bonds. The van der Waals surface area contributed by atoms with Crippen LogP contribution < -0.4 is 33.8 Å². The van der Waals surface area contributed by atoms with E-state index in [1.807, 2.05) is 0 Å². The number of hydrogen-bond acceptors (Lipinski definition) is 11. The molecule has 11 heteroatoms. The Kier molecular flexibility index (Phi) is 7.83. The van der Waals surface area contributed by atoms with Crippen molar-refractivity contribution >= 4 is 16.8 Å². The van der Waals surface area contributed by atoms with Crippen molar-refractivity contribution in [2.24, 2.45) is 0 Å². The van der Waals surface area contributed by atoms with Gasteiger partial charge in [-0.2, -0.15) is 0 Å². The molecular formula is C35H30O11. The summed E-state index contributed by atoms with van der Waals surface area (Å²) in [4.78, 5) is 28.2. The predicted molar refractivity (Wildman–Crippen MR) is 167 cm³/mol. The number of carbonyl (C=O) groups is 1. The Morgan fingerprint density at radius 1 is 0.674 bits per heavy atom. The fraction of sp³-hybridized carbons (Fsp3) is 0.200. The molecule has 1 aliphatic heterocycles. The summed E-state index contributed by atoms with van der Waals surface area (Å²) in [7, 11) is 7.32. The number of Topliss-reactive ketones (excluding diaryl/α,β-unsaturated/α-hetero) is 1. The molecule has 2 atom stereocenters. The number of phenols is 2. The quantitative estimate of drug-likeness (QED) is 0.209. The summed E-state index contributed by atoms with van der Waals surface area (Å²) >= 11 is 0. The first-order valence-corrected chi connectivity index (χ1v) is 14.1. The Bertz CT molecular complexity index is 2030. The Morgan fingerprint density at radius 2 is 1.37 bits per heavy atom. The summed E-state index contributed by atoms with van der Waals surface area (Å²) in [5.41, 5.74) is 0.446. The highest BCUT2D eigenvalue weighted by molar-refractivity contribution is 6.09. The van der Waals surface area contributed by atoms with E-state index in [9.17, 15) is 19.8 Å². The smallest absolute Gasteiger partial charge is 0.197 e. The number of rotatable bonds is 8. The number of aromatic hydroxyl groups is 2. The number of ketones is 1. The van der Waals surface area contributed by atoms with Crippen LogP contribution in [-0.4, -0.2) is 51.5 Å². The summed E-state index contributed by atoms with van der Waals surface area (Å²) in [5, 5.41) is 21.8. The van der Waals surface area contributed by atoms with E-state index in [4.69, 9.17) is 32.8 Å². The average molecular weight is 627 g/mol. The Morgan fingerprint density at radius 3 is 2.02 bits per heavy atom. The molecule has 1 aromatic heterocycles. The molecule has 46 heavy (non-hydrogen) atoms.